The Labute approximate surface area is 215 Å². The molecule has 0 spiro atoms. The first kappa shape index (κ1) is 24.7. The summed E-state index contributed by atoms with van der Waals surface area (Å²) in [5.41, 5.74) is 3.61. The number of nitrogens with one attached hydrogen (secondary N) is 1. The lowest BCUT2D eigenvalue weighted by atomic mass is 9.90. The molecule has 190 valence electrons. The van der Waals surface area contributed by atoms with E-state index >= 15 is 0 Å². The summed E-state index contributed by atoms with van der Waals surface area (Å²) >= 11 is 0. The number of piperazine rings is 1. The number of benzene rings is 2. The maximum Gasteiger partial charge on any atom is 0.231 e. The monoisotopic (exact) mass is 485 g/mol. The molecular weight excluding hydrogens is 446 g/mol. The third-order valence-corrected chi connectivity index (χ3v) is 8.31. The van der Waals surface area contributed by atoms with E-state index in [1.54, 1.807) is 6.33 Å². The van der Waals surface area contributed by atoms with Crippen LogP contribution in [0.3, 0.4) is 0 Å². The van der Waals surface area contributed by atoms with Crippen LogP contribution in [0.4, 0.5) is 5.82 Å². The second-order valence-corrected chi connectivity index (χ2v) is 11.0. The number of aryl methyl sites for hydroxylation is 1. The first-order valence-corrected chi connectivity index (χ1v) is 13.5. The largest absolute Gasteiger partial charge is 0.353 e. The molecule has 1 fully saturated rings. The van der Waals surface area contributed by atoms with Crippen LogP contribution in [0.25, 0.3) is 10.8 Å². The van der Waals surface area contributed by atoms with Crippen molar-refractivity contribution < 1.29 is 4.79 Å². The quantitative estimate of drug-likeness (QED) is 0.516. The van der Waals surface area contributed by atoms with Gasteiger partial charge in [0.2, 0.25) is 5.91 Å². The van der Waals surface area contributed by atoms with Gasteiger partial charge >= 0.3 is 0 Å². The maximum atomic E-state index is 14.1. The van der Waals surface area contributed by atoms with Crippen LogP contribution in [0, 0.1) is 0 Å². The van der Waals surface area contributed by atoms with Gasteiger partial charge in [-0.1, -0.05) is 56.3 Å². The van der Waals surface area contributed by atoms with E-state index in [4.69, 9.17) is 0 Å². The number of anilines is 1. The molecule has 1 saturated heterocycles. The van der Waals surface area contributed by atoms with E-state index < -0.39 is 0 Å². The summed E-state index contributed by atoms with van der Waals surface area (Å²) in [5, 5.41) is 6.03. The van der Waals surface area contributed by atoms with Gasteiger partial charge in [0, 0.05) is 49.5 Å². The van der Waals surface area contributed by atoms with E-state index in [0.717, 1.165) is 43.7 Å². The van der Waals surface area contributed by atoms with Gasteiger partial charge in [-0.25, -0.2) is 9.97 Å². The van der Waals surface area contributed by atoms with E-state index in [1.165, 1.54) is 22.0 Å². The first-order chi connectivity index (χ1) is 17.4. The average Bonchev–Trinajstić information content (AvgIpc) is 3.29. The molecule has 2 aromatic carbocycles. The fourth-order valence-electron chi connectivity index (χ4n) is 5.62. The van der Waals surface area contributed by atoms with Crippen LogP contribution < -0.4 is 10.2 Å². The van der Waals surface area contributed by atoms with Crippen molar-refractivity contribution in [2.45, 2.75) is 64.3 Å². The standard InChI is InChI=1S/C30H39N5O/c1-5-30(3,4)33-19-25(24-12-8-10-22-9-6-7-11-23(22)24)29(36)35-17-15-34(16-18-35)28-27-21(2)13-14-26(27)31-20-32-28/h6-12,20-21,25,33H,5,13-19H2,1-4H3/t21-,25?/m1/s1. The Balaban J connectivity index is 1.37. The smallest absolute Gasteiger partial charge is 0.231 e. The highest BCUT2D eigenvalue weighted by Crippen LogP contribution is 2.37. The fraction of sp³-hybridized carbons (Fsp3) is 0.500. The Kier molecular flexibility index (Phi) is 6.98. The third kappa shape index (κ3) is 4.83. The molecule has 1 N–H and O–H groups in total. The second kappa shape index (κ2) is 10.2. The Hall–Kier alpha value is -2.99. The lowest BCUT2D eigenvalue weighted by Gasteiger charge is -2.38. The molecule has 1 aliphatic heterocycles. The van der Waals surface area contributed by atoms with Crippen molar-refractivity contribution in [3.63, 3.8) is 0 Å². The Morgan fingerprint density at radius 3 is 2.61 bits per heavy atom. The highest BCUT2D eigenvalue weighted by Gasteiger charge is 2.33. The molecule has 0 saturated carbocycles. The molecular formula is C30H39N5O. The minimum absolute atomic E-state index is 0.0219. The van der Waals surface area contributed by atoms with Crippen LogP contribution in [-0.2, 0) is 11.2 Å². The van der Waals surface area contributed by atoms with Gasteiger partial charge < -0.3 is 15.1 Å². The number of rotatable bonds is 7. The number of amides is 1. The maximum absolute atomic E-state index is 14.1. The number of carbonyl (C=O) groups is 1. The van der Waals surface area contributed by atoms with Crippen molar-refractivity contribution in [1.29, 1.82) is 0 Å². The number of carbonyl (C=O) groups excluding carboxylic acids is 1. The summed E-state index contributed by atoms with van der Waals surface area (Å²) in [5.74, 6) is 1.57. The summed E-state index contributed by atoms with van der Waals surface area (Å²) in [7, 11) is 0. The van der Waals surface area contributed by atoms with E-state index in [2.05, 4.69) is 95.2 Å². The van der Waals surface area contributed by atoms with E-state index in [-0.39, 0.29) is 17.4 Å². The molecule has 1 amide bonds. The molecule has 2 heterocycles. The van der Waals surface area contributed by atoms with Gasteiger partial charge in [-0.2, -0.15) is 0 Å². The molecule has 5 rings (SSSR count). The minimum Gasteiger partial charge on any atom is -0.353 e. The summed E-state index contributed by atoms with van der Waals surface area (Å²) in [4.78, 5) is 27.7. The summed E-state index contributed by atoms with van der Waals surface area (Å²) in [6, 6.07) is 14.7. The molecule has 6 nitrogen and oxygen atoms in total. The lowest BCUT2D eigenvalue weighted by Crippen LogP contribution is -2.52. The van der Waals surface area contributed by atoms with Crippen molar-refractivity contribution >= 4 is 22.5 Å². The van der Waals surface area contributed by atoms with Crippen molar-refractivity contribution in [1.82, 2.24) is 20.2 Å². The van der Waals surface area contributed by atoms with Crippen LogP contribution in [0.5, 0.6) is 0 Å². The van der Waals surface area contributed by atoms with E-state index in [1.807, 2.05) is 0 Å². The van der Waals surface area contributed by atoms with Gasteiger partial charge in [-0.05, 0) is 55.4 Å². The normalized spacial score (nSPS) is 18.9. The fourth-order valence-corrected chi connectivity index (χ4v) is 5.62. The SMILES string of the molecule is CCC(C)(C)NCC(C(=O)N1CCN(c2ncnc3c2[C@H](C)CC3)CC1)c1cccc2ccccc12. The molecule has 0 bridgehead atoms. The molecule has 1 aliphatic carbocycles. The van der Waals surface area contributed by atoms with Gasteiger partial charge in [-0.15, -0.1) is 0 Å². The Bertz CT molecular complexity index is 1230. The van der Waals surface area contributed by atoms with Crippen molar-refractivity contribution in [2.24, 2.45) is 0 Å². The van der Waals surface area contributed by atoms with Crippen molar-refractivity contribution in [2.75, 3.05) is 37.6 Å². The van der Waals surface area contributed by atoms with Crippen LogP contribution in [0.2, 0.25) is 0 Å². The van der Waals surface area contributed by atoms with Crippen LogP contribution in [0.1, 0.15) is 69.2 Å². The second-order valence-electron chi connectivity index (χ2n) is 11.0. The zero-order chi connectivity index (χ0) is 25.3. The highest BCUT2D eigenvalue weighted by molar-refractivity contribution is 5.93. The minimum atomic E-state index is -0.225. The average molecular weight is 486 g/mol. The van der Waals surface area contributed by atoms with Crippen LogP contribution in [0.15, 0.2) is 48.8 Å². The number of hydrogen-bond donors (Lipinski definition) is 1. The van der Waals surface area contributed by atoms with E-state index in [9.17, 15) is 4.79 Å². The Morgan fingerprint density at radius 2 is 1.83 bits per heavy atom. The van der Waals surface area contributed by atoms with E-state index in [0.29, 0.717) is 25.6 Å². The number of fused-ring (bicyclic) bond motifs is 2. The molecule has 1 unspecified atom stereocenters. The Morgan fingerprint density at radius 1 is 1.08 bits per heavy atom. The third-order valence-electron chi connectivity index (χ3n) is 8.31. The van der Waals surface area contributed by atoms with Gasteiger partial charge in [0.1, 0.15) is 12.1 Å². The van der Waals surface area contributed by atoms with Crippen molar-refractivity contribution in [3.8, 4) is 0 Å². The van der Waals surface area contributed by atoms with Gasteiger partial charge in [-0.3, -0.25) is 4.79 Å². The van der Waals surface area contributed by atoms with Gasteiger partial charge in [0.25, 0.3) is 0 Å². The summed E-state index contributed by atoms with van der Waals surface area (Å²) in [6.07, 6.45) is 4.90. The molecule has 0 radical (unpaired) electrons. The van der Waals surface area contributed by atoms with Crippen molar-refractivity contribution in [3.05, 3.63) is 65.6 Å². The molecule has 1 aromatic heterocycles. The summed E-state index contributed by atoms with van der Waals surface area (Å²) < 4.78 is 0. The zero-order valence-electron chi connectivity index (χ0n) is 22.1. The predicted molar refractivity (Wildman–Crippen MR) is 147 cm³/mol. The molecule has 2 atom stereocenters. The summed E-state index contributed by atoms with van der Waals surface area (Å²) in [6.45, 7) is 12.5. The first-order valence-electron chi connectivity index (χ1n) is 13.5. The zero-order valence-corrected chi connectivity index (χ0v) is 22.1. The van der Waals surface area contributed by atoms with Gasteiger partial charge in [0.15, 0.2) is 0 Å². The molecule has 3 aromatic rings. The predicted octanol–water partition coefficient (Wildman–Crippen LogP) is 4.89. The topological polar surface area (TPSA) is 61.4 Å². The van der Waals surface area contributed by atoms with Crippen LogP contribution >= 0.6 is 0 Å². The lowest BCUT2D eigenvalue weighted by molar-refractivity contribution is -0.133. The highest BCUT2D eigenvalue weighted by atomic mass is 16.2. The molecule has 6 heteroatoms. The molecule has 2 aliphatic rings. The van der Waals surface area contributed by atoms with Gasteiger partial charge in [0.05, 0.1) is 5.92 Å². The van der Waals surface area contributed by atoms with Crippen LogP contribution in [-0.4, -0.2) is 59.0 Å². The number of aromatic nitrogens is 2. The number of hydrogen-bond acceptors (Lipinski definition) is 5. The number of nitrogens with zero attached hydrogens (tertiary/aromatic N) is 4. The molecule has 36 heavy (non-hydrogen) atoms.